The first-order valence-electron chi connectivity index (χ1n) is 9.01. The molecule has 1 N–H and O–H groups in total. The van der Waals surface area contributed by atoms with E-state index in [-0.39, 0.29) is 11.8 Å². The Morgan fingerprint density at radius 1 is 1.20 bits per heavy atom. The lowest BCUT2D eigenvalue weighted by atomic mass is 9.86. The molecule has 6 heteroatoms. The van der Waals surface area contributed by atoms with E-state index in [4.69, 9.17) is 4.84 Å². The van der Waals surface area contributed by atoms with E-state index in [1.807, 2.05) is 35.2 Å². The average molecular weight is 341 g/mol. The minimum atomic E-state index is -0.403. The summed E-state index contributed by atoms with van der Waals surface area (Å²) in [6, 6.07) is 10.1. The molecule has 1 aromatic rings. The highest BCUT2D eigenvalue weighted by molar-refractivity contribution is 6.39. The van der Waals surface area contributed by atoms with Crippen LogP contribution in [0.15, 0.2) is 35.5 Å². The van der Waals surface area contributed by atoms with Gasteiger partial charge in [-0.1, -0.05) is 35.5 Å². The predicted octanol–water partition coefficient (Wildman–Crippen LogP) is 1.65. The van der Waals surface area contributed by atoms with Gasteiger partial charge in [-0.15, -0.1) is 0 Å². The molecule has 4 rings (SSSR count). The number of nitrogens with zero attached hydrogens (tertiary/aromatic N) is 2. The Balaban J connectivity index is 1.28. The van der Waals surface area contributed by atoms with Gasteiger partial charge in [0.25, 0.3) is 5.91 Å². The van der Waals surface area contributed by atoms with Crippen LogP contribution in [0.25, 0.3) is 0 Å². The summed E-state index contributed by atoms with van der Waals surface area (Å²) in [6.07, 6.45) is 4.54. The number of carbonyl (C=O) groups excluding carboxylic acids is 2. The Labute approximate surface area is 147 Å². The number of oxime groups is 1. The Morgan fingerprint density at radius 2 is 1.92 bits per heavy atom. The zero-order valence-corrected chi connectivity index (χ0v) is 14.2. The predicted molar refractivity (Wildman–Crippen MR) is 93.0 cm³/mol. The van der Waals surface area contributed by atoms with Crippen molar-refractivity contribution in [1.82, 2.24) is 10.2 Å². The molecule has 6 nitrogen and oxygen atoms in total. The average Bonchev–Trinajstić information content (AvgIpc) is 3.35. The maximum absolute atomic E-state index is 12.5. The maximum atomic E-state index is 12.5. The molecular weight excluding hydrogens is 318 g/mol. The van der Waals surface area contributed by atoms with Crippen LogP contribution in [-0.4, -0.2) is 47.2 Å². The second kappa shape index (κ2) is 6.50. The lowest BCUT2D eigenvalue weighted by molar-refractivity contribution is -0.136. The number of amides is 2. The van der Waals surface area contributed by atoms with Gasteiger partial charge < -0.3 is 15.1 Å². The van der Waals surface area contributed by atoms with Crippen molar-refractivity contribution in [2.75, 3.05) is 13.1 Å². The number of piperidine rings is 1. The molecule has 2 aliphatic heterocycles. The van der Waals surface area contributed by atoms with Crippen LogP contribution < -0.4 is 5.32 Å². The quantitative estimate of drug-likeness (QED) is 0.905. The SMILES string of the molecule is O=C(NC1CC1)C1=NOC2(CCN(C(=O)Cc3ccccc3)CC2)C1. The molecule has 1 spiro atoms. The first-order chi connectivity index (χ1) is 12.1. The summed E-state index contributed by atoms with van der Waals surface area (Å²) in [5.41, 5.74) is 1.13. The van der Waals surface area contributed by atoms with Crippen LogP contribution in [0.4, 0.5) is 0 Å². The molecule has 1 aliphatic carbocycles. The minimum absolute atomic E-state index is 0.0954. The molecule has 0 atom stereocenters. The van der Waals surface area contributed by atoms with Crippen molar-refractivity contribution < 1.29 is 14.4 Å². The number of benzene rings is 1. The maximum Gasteiger partial charge on any atom is 0.269 e. The van der Waals surface area contributed by atoms with Gasteiger partial charge in [-0.05, 0) is 18.4 Å². The molecule has 1 saturated heterocycles. The van der Waals surface area contributed by atoms with Gasteiger partial charge in [0.15, 0.2) is 0 Å². The molecule has 3 aliphatic rings. The fourth-order valence-electron chi connectivity index (χ4n) is 3.45. The van der Waals surface area contributed by atoms with Crippen molar-refractivity contribution in [3.05, 3.63) is 35.9 Å². The molecule has 0 aromatic heterocycles. The van der Waals surface area contributed by atoms with Crippen molar-refractivity contribution in [1.29, 1.82) is 0 Å². The van der Waals surface area contributed by atoms with Gasteiger partial charge in [-0.2, -0.15) is 0 Å². The standard InChI is InChI=1S/C19H23N3O3/c23-17(12-14-4-2-1-3-5-14)22-10-8-19(9-11-22)13-16(21-25-19)18(24)20-15-6-7-15/h1-5,15H,6-13H2,(H,20,24). The molecule has 2 fully saturated rings. The molecule has 1 aromatic carbocycles. The monoisotopic (exact) mass is 341 g/mol. The van der Waals surface area contributed by atoms with E-state index in [1.54, 1.807) is 0 Å². The third kappa shape index (κ3) is 3.67. The van der Waals surface area contributed by atoms with Gasteiger partial charge >= 0.3 is 0 Å². The topological polar surface area (TPSA) is 71.0 Å². The first kappa shape index (κ1) is 16.1. The molecule has 25 heavy (non-hydrogen) atoms. The Kier molecular flexibility index (Phi) is 4.19. The normalized spacial score (nSPS) is 21.6. The lowest BCUT2D eigenvalue weighted by Gasteiger charge is -2.37. The van der Waals surface area contributed by atoms with Crippen molar-refractivity contribution in [3.63, 3.8) is 0 Å². The molecule has 0 radical (unpaired) electrons. The molecule has 2 amide bonds. The fourth-order valence-corrected chi connectivity index (χ4v) is 3.45. The number of likely N-dealkylation sites (tertiary alicyclic amines) is 1. The Bertz CT molecular complexity index is 689. The van der Waals surface area contributed by atoms with E-state index in [0.717, 1.165) is 31.2 Å². The highest BCUT2D eigenvalue weighted by Gasteiger charge is 2.44. The number of carbonyl (C=O) groups is 2. The van der Waals surface area contributed by atoms with E-state index >= 15 is 0 Å². The number of hydrogen-bond donors (Lipinski definition) is 1. The minimum Gasteiger partial charge on any atom is -0.388 e. The van der Waals surface area contributed by atoms with Gasteiger partial charge in [0, 0.05) is 38.4 Å². The zero-order valence-electron chi connectivity index (χ0n) is 14.2. The van der Waals surface area contributed by atoms with Crippen molar-refractivity contribution in [2.45, 2.75) is 50.2 Å². The summed E-state index contributed by atoms with van der Waals surface area (Å²) in [7, 11) is 0. The van der Waals surface area contributed by atoms with Gasteiger partial charge in [0.05, 0.1) is 6.42 Å². The highest BCUT2D eigenvalue weighted by Crippen LogP contribution is 2.35. The van der Waals surface area contributed by atoms with Crippen LogP contribution in [0.3, 0.4) is 0 Å². The second-order valence-electron chi connectivity index (χ2n) is 7.28. The second-order valence-corrected chi connectivity index (χ2v) is 7.28. The summed E-state index contributed by atoms with van der Waals surface area (Å²) in [6.45, 7) is 1.30. The van der Waals surface area contributed by atoms with E-state index < -0.39 is 5.60 Å². The van der Waals surface area contributed by atoms with Crippen LogP contribution in [0.1, 0.15) is 37.7 Å². The summed E-state index contributed by atoms with van der Waals surface area (Å²) >= 11 is 0. The smallest absolute Gasteiger partial charge is 0.269 e. The number of rotatable bonds is 4. The van der Waals surface area contributed by atoms with Gasteiger partial charge in [0.1, 0.15) is 11.3 Å². The van der Waals surface area contributed by atoms with E-state index in [2.05, 4.69) is 10.5 Å². The van der Waals surface area contributed by atoms with E-state index in [0.29, 0.717) is 37.7 Å². The molecule has 2 heterocycles. The largest absolute Gasteiger partial charge is 0.388 e. The van der Waals surface area contributed by atoms with Crippen molar-refractivity contribution >= 4 is 17.5 Å². The number of nitrogens with one attached hydrogen (secondary N) is 1. The highest BCUT2D eigenvalue weighted by atomic mass is 16.7. The van der Waals surface area contributed by atoms with E-state index in [9.17, 15) is 9.59 Å². The summed E-state index contributed by atoms with van der Waals surface area (Å²) in [5, 5.41) is 6.99. The molecule has 0 bridgehead atoms. The van der Waals surface area contributed by atoms with Crippen LogP contribution >= 0.6 is 0 Å². The van der Waals surface area contributed by atoms with Gasteiger partial charge in [-0.3, -0.25) is 9.59 Å². The Hall–Kier alpha value is -2.37. The third-order valence-electron chi connectivity index (χ3n) is 5.24. The van der Waals surface area contributed by atoms with Crippen LogP contribution in [-0.2, 0) is 20.8 Å². The van der Waals surface area contributed by atoms with E-state index in [1.165, 1.54) is 0 Å². The third-order valence-corrected chi connectivity index (χ3v) is 5.24. The van der Waals surface area contributed by atoms with Crippen LogP contribution in [0, 0.1) is 0 Å². The van der Waals surface area contributed by atoms with Gasteiger partial charge in [-0.25, -0.2) is 0 Å². The van der Waals surface area contributed by atoms with Gasteiger partial charge in [0.2, 0.25) is 5.91 Å². The number of hydrogen-bond acceptors (Lipinski definition) is 4. The molecule has 1 saturated carbocycles. The van der Waals surface area contributed by atoms with Crippen molar-refractivity contribution in [3.8, 4) is 0 Å². The lowest BCUT2D eigenvalue weighted by Crippen LogP contribution is -2.47. The molecular formula is C19H23N3O3. The molecule has 132 valence electrons. The van der Waals surface area contributed by atoms with Crippen molar-refractivity contribution in [2.24, 2.45) is 5.16 Å². The molecule has 0 unspecified atom stereocenters. The fraction of sp³-hybridized carbons (Fsp3) is 0.526. The van der Waals surface area contributed by atoms with Crippen LogP contribution in [0.2, 0.25) is 0 Å². The summed E-state index contributed by atoms with van der Waals surface area (Å²) < 4.78 is 0. The Morgan fingerprint density at radius 3 is 2.60 bits per heavy atom. The zero-order chi connectivity index (χ0) is 17.3. The van der Waals surface area contributed by atoms with Crippen LogP contribution in [0.5, 0.6) is 0 Å². The first-order valence-corrected chi connectivity index (χ1v) is 9.01. The summed E-state index contributed by atoms with van der Waals surface area (Å²) in [5.74, 6) is 0.0497. The summed E-state index contributed by atoms with van der Waals surface area (Å²) in [4.78, 5) is 32.1.